The maximum atomic E-state index is 12.4. The Bertz CT molecular complexity index is 657. The number of nitrogens with one attached hydrogen (secondary N) is 1. The number of aryl methyl sites for hydroxylation is 2. The van der Waals surface area contributed by atoms with Crippen molar-refractivity contribution in [3.63, 3.8) is 0 Å². The van der Waals surface area contributed by atoms with Crippen LogP contribution >= 0.6 is 22.9 Å². The van der Waals surface area contributed by atoms with E-state index in [4.69, 9.17) is 17.3 Å². The van der Waals surface area contributed by atoms with Crippen LogP contribution in [0.4, 0.5) is 11.4 Å². The monoisotopic (exact) mass is 320 g/mol. The molecule has 0 atom stereocenters. The van der Waals surface area contributed by atoms with Crippen molar-refractivity contribution in [2.75, 3.05) is 11.1 Å². The van der Waals surface area contributed by atoms with Gasteiger partial charge in [-0.15, -0.1) is 11.3 Å². The number of fused-ring (bicyclic) bond motifs is 1. The summed E-state index contributed by atoms with van der Waals surface area (Å²) in [5.41, 5.74) is 8.21. The second kappa shape index (κ2) is 6.08. The van der Waals surface area contributed by atoms with E-state index in [9.17, 15) is 4.79 Å². The Hall–Kier alpha value is -1.52. The molecule has 1 aromatic heterocycles. The van der Waals surface area contributed by atoms with Crippen molar-refractivity contribution in [1.82, 2.24) is 0 Å². The van der Waals surface area contributed by atoms with Crippen LogP contribution in [0.1, 0.15) is 39.4 Å². The molecule has 0 spiro atoms. The van der Waals surface area contributed by atoms with Gasteiger partial charge >= 0.3 is 0 Å². The highest BCUT2D eigenvalue weighted by Gasteiger charge is 2.17. The maximum absolute atomic E-state index is 12.4. The smallest absolute Gasteiger partial charge is 0.265 e. The Kier molecular flexibility index (Phi) is 4.17. The number of nitrogen functional groups attached to an aromatic ring is 1. The lowest BCUT2D eigenvalue weighted by atomic mass is 10.1. The Morgan fingerprint density at radius 3 is 2.86 bits per heavy atom. The second-order valence-electron chi connectivity index (χ2n) is 5.31. The van der Waals surface area contributed by atoms with Crippen molar-refractivity contribution in [3.8, 4) is 0 Å². The normalized spacial score (nSPS) is 14.3. The summed E-state index contributed by atoms with van der Waals surface area (Å²) >= 11 is 7.68. The Balaban J connectivity index is 1.81. The predicted molar refractivity (Wildman–Crippen MR) is 89.4 cm³/mol. The van der Waals surface area contributed by atoms with Crippen LogP contribution in [0.2, 0.25) is 5.02 Å². The van der Waals surface area contributed by atoms with E-state index in [1.165, 1.54) is 29.7 Å². The van der Waals surface area contributed by atoms with Crippen molar-refractivity contribution < 1.29 is 4.79 Å². The molecule has 0 fully saturated rings. The van der Waals surface area contributed by atoms with Gasteiger partial charge in [-0.1, -0.05) is 18.0 Å². The van der Waals surface area contributed by atoms with Crippen LogP contribution < -0.4 is 11.1 Å². The van der Waals surface area contributed by atoms with E-state index in [1.807, 2.05) is 6.07 Å². The Labute approximate surface area is 133 Å². The largest absolute Gasteiger partial charge is 0.399 e. The van der Waals surface area contributed by atoms with E-state index in [0.717, 1.165) is 17.7 Å². The fourth-order valence-electron chi connectivity index (χ4n) is 2.60. The van der Waals surface area contributed by atoms with Gasteiger partial charge < -0.3 is 11.1 Å². The molecule has 0 radical (unpaired) electrons. The summed E-state index contributed by atoms with van der Waals surface area (Å²) in [5, 5.41) is 3.35. The zero-order valence-corrected chi connectivity index (χ0v) is 13.2. The summed E-state index contributed by atoms with van der Waals surface area (Å²) in [6.07, 6.45) is 5.88. The first-order chi connectivity index (χ1) is 10.1. The zero-order valence-electron chi connectivity index (χ0n) is 11.6. The number of amides is 1. The SMILES string of the molecule is Nc1ccc(Cl)c(NC(=O)c2cc3c(s2)CCCCC3)c1. The number of hydrogen-bond acceptors (Lipinski definition) is 3. The minimum absolute atomic E-state index is 0.111. The average Bonchev–Trinajstić information content (AvgIpc) is 2.74. The standard InChI is InChI=1S/C16H17ClN2OS/c17-12-7-6-11(18)9-13(12)19-16(20)15-8-10-4-2-1-3-5-14(10)21-15/h6-9H,1-5,18H2,(H,19,20). The highest BCUT2D eigenvalue weighted by Crippen LogP contribution is 2.30. The van der Waals surface area contributed by atoms with E-state index in [0.29, 0.717) is 16.4 Å². The molecule has 0 saturated heterocycles. The van der Waals surface area contributed by atoms with E-state index < -0.39 is 0 Å². The molecule has 1 heterocycles. The van der Waals surface area contributed by atoms with Gasteiger partial charge in [0, 0.05) is 10.6 Å². The van der Waals surface area contributed by atoms with Crippen LogP contribution in [-0.4, -0.2) is 5.91 Å². The van der Waals surface area contributed by atoms with Crippen molar-refractivity contribution >= 4 is 40.2 Å². The molecule has 0 unspecified atom stereocenters. The number of carbonyl (C=O) groups excluding carboxylic acids is 1. The number of anilines is 2. The fraction of sp³-hybridized carbons (Fsp3) is 0.312. The molecule has 1 aliphatic rings. The van der Waals surface area contributed by atoms with E-state index >= 15 is 0 Å². The van der Waals surface area contributed by atoms with Gasteiger partial charge in [-0.05, 0) is 55.5 Å². The van der Waals surface area contributed by atoms with Gasteiger partial charge in [0.2, 0.25) is 0 Å². The molecule has 3 N–H and O–H groups in total. The number of benzene rings is 1. The van der Waals surface area contributed by atoms with Crippen LogP contribution in [0.25, 0.3) is 0 Å². The summed E-state index contributed by atoms with van der Waals surface area (Å²) < 4.78 is 0. The van der Waals surface area contributed by atoms with Crippen molar-refractivity contribution in [3.05, 3.63) is 44.6 Å². The minimum atomic E-state index is -0.111. The molecular formula is C16H17ClN2OS. The van der Waals surface area contributed by atoms with Gasteiger partial charge in [0.15, 0.2) is 0 Å². The number of thiophene rings is 1. The van der Waals surface area contributed by atoms with Crippen molar-refractivity contribution in [1.29, 1.82) is 0 Å². The Morgan fingerprint density at radius 1 is 1.19 bits per heavy atom. The second-order valence-corrected chi connectivity index (χ2v) is 6.86. The maximum Gasteiger partial charge on any atom is 0.265 e. The molecule has 2 aromatic rings. The minimum Gasteiger partial charge on any atom is -0.399 e. The van der Waals surface area contributed by atoms with E-state index in [1.54, 1.807) is 29.5 Å². The molecule has 110 valence electrons. The summed E-state index contributed by atoms with van der Waals surface area (Å²) in [7, 11) is 0. The summed E-state index contributed by atoms with van der Waals surface area (Å²) in [6.45, 7) is 0. The third-order valence-electron chi connectivity index (χ3n) is 3.71. The van der Waals surface area contributed by atoms with Crippen molar-refractivity contribution in [2.45, 2.75) is 32.1 Å². The molecule has 3 nitrogen and oxygen atoms in total. The lowest BCUT2D eigenvalue weighted by Gasteiger charge is -2.06. The molecule has 0 bridgehead atoms. The van der Waals surface area contributed by atoms with E-state index in [2.05, 4.69) is 5.32 Å². The number of hydrogen-bond donors (Lipinski definition) is 2. The highest BCUT2D eigenvalue weighted by molar-refractivity contribution is 7.14. The first-order valence-electron chi connectivity index (χ1n) is 7.11. The van der Waals surface area contributed by atoms with E-state index in [-0.39, 0.29) is 5.91 Å². The summed E-state index contributed by atoms with van der Waals surface area (Å²) in [6, 6.07) is 7.11. The van der Waals surface area contributed by atoms with Gasteiger partial charge in [-0.25, -0.2) is 0 Å². The molecule has 1 aromatic carbocycles. The molecule has 21 heavy (non-hydrogen) atoms. The lowest BCUT2D eigenvalue weighted by molar-refractivity contribution is 0.103. The molecule has 0 saturated carbocycles. The van der Waals surface area contributed by atoms with Gasteiger partial charge in [0.05, 0.1) is 15.6 Å². The molecule has 0 aliphatic heterocycles. The van der Waals surface area contributed by atoms with Gasteiger partial charge in [-0.2, -0.15) is 0 Å². The first-order valence-corrected chi connectivity index (χ1v) is 8.31. The number of rotatable bonds is 2. The number of nitrogens with two attached hydrogens (primary N) is 1. The van der Waals surface area contributed by atoms with Crippen LogP contribution in [0.3, 0.4) is 0 Å². The van der Waals surface area contributed by atoms with Gasteiger partial charge in [-0.3, -0.25) is 4.79 Å². The topological polar surface area (TPSA) is 55.1 Å². The quantitative estimate of drug-likeness (QED) is 0.632. The van der Waals surface area contributed by atoms with Crippen LogP contribution in [-0.2, 0) is 12.8 Å². The predicted octanol–water partition coefficient (Wildman–Crippen LogP) is 4.50. The molecule has 1 amide bonds. The number of carbonyl (C=O) groups is 1. The fourth-order valence-corrected chi connectivity index (χ4v) is 3.92. The zero-order chi connectivity index (χ0) is 14.8. The van der Waals surface area contributed by atoms with Crippen LogP contribution in [0.15, 0.2) is 24.3 Å². The van der Waals surface area contributed by atoms with Crippen LogP contribution in [0, 0.1) is 0 Å². The molecule has 5 heteroatoms. The third-order valence-corrected chi connectivity index (χ3v) is 5.27. The van der Waals surface area contributed by atoms with Crippen LogP contribution in [0.5, 0.6) is 0 Å². The van der Waals surface area contributed by atoms with Gasteiger partial charge in [0.25, 0.3) is 5.91 Å². The number of halogens is 1. The third kappa shape index (κ3) is 3.22. The lowest BCUT2D eigenvalue weighted by Crippen LogP contribution is -2.10. The first kappa shape index (κ1) is 14.4. The summed E-state index contributed by atoms with van der Waals surface area (Å²) in [5.74, 6) is -0.111. The Morgan fingerprint density at radius 2 is 2.00 bits per heavy atom. The molecule has 3 rings (SSSR count). The highest BCUT2D eigenvalue weighted by atomic mass is 35.5. The summed E-state index contributed by atoms with van der Waals surface area (Å²) in [4.78, 5) is 14.5. The average molecular weight is 321 g/mol. The molecule has 1 aliphatic carbocycles. The van der Waals surface area contributed by atoms with Crippen molar-refractivity contribution in [2.24, 2.45) is 0 Å². The molecular weight excluding hydrogens is 304 g/mol. The van der Waals surface area contributed by atoms with Gasteiger partial charge in [0.1, 0.15) is 0 Å².